The van der Waals surface area contributed by atoms with Crippen molar-refractivity contribution in [3.8, 4) is 22.7 Å². The zero-order valence-corrected chi connectivity index (χ0v) is 20.8. The smallest absolute Gasteiger partial charge is 0.272 e. The van der Waals surface area contributed by atoms with E-state index < -0.39 is 0 Å². The molecule has 0 saturated carbocycles. The number of amides is 1. The van der Waals surface area contributed by atoms with Gasteiger partial charge < -0.3 is 9.64 Å². The van der Waals surface area contributed by atoms with E-state index in [1.165, 1.54) is 17.7 Å². The minimum absolute atomic E-state index is 0.0730. The number of nitrogens with zero attached hydrogens (tertiary/aromatic N) is 4. The third kappa shape index (κ3) is 5.78. The van der Waals surface area contributed by atoms with Gasteiger partial charge in [-0.15, -0.1) is 0 Å². The van der Waals surface area contributed by atoms with Crippen molar-refractivity contribution in [1.29, 1.82) is 0 Å². The molecule has 0 aliphatic carbocycles. The van der Waals surface area contributed by atoms with Crippen LogP contribution in [0.15, 0.2) is 91.0 Å². The third-order valence-electron chi connectivity index (χ3n) is 6.52. The Kier molecular flexibility index (Phi) is 7.42. The molecule has 1 aliphatic rings. The lowest BCUT2D eigenvalue weighted by Crippen LogP contribution is -2.49. The summed E-state index contributed by atoms with van der Waals surface area (Å²) < 4.78 is 20.4. The predicted molar refractivity (Wildman–Crippen MR) is 143 cm³/mol. The number of rotatable bonds is 7. The molecule has 3 aromatic carbocycles. The van der Waals surface area contributed by atoms with E-state index in [0.717, 1.165) is 36.6 Å². The Hall–Kier alpha value is -4.23. The molecular weight excluding hydrogens is 467 g/mol. The summed E-state index contributed by atoms with van der Waals surface area (Å²) in [6.07, 6.45) is 4.29. The second kappa shape index (κ2) is 11.2. The number of aromatic nitrogens is 2. The van der Waals surface area contributed by atoms with Crippen molar-refractivity contribution in [3.63, 3.8) is 0 Å². The van der Waals surface area contributed by atoms with E-state index in [2.05, 4.69) is 29.2 Å². The van der Waals surface area contributed by atoms with Gasteiger partial charge in [-0.05, 0) is 60.2 Å². The lowest BCUT2D eigenvalue weighted by molar-refractivity contribution is 0.0641. The van der Waals surface area contributed by atoms with Crippen LogP contribution < -0.4 is 4.74 Å². The highest BCUT2D eigenvalue weighted by atomic mass is 19.1. The van der Waals surface area contributed by atoms with Crippen LogP contribution in [0.3, 0.4) is 0 Å². The van der Waals surface area contributed by atoms with E-state index in [0.29, 0.717) is 24.5 Å². The Morgan fingerprint density at radius 1 is 0.946 bits per heavy atom. The van der Waals surface area contributed by atoms with Gasteiger partial charge in [0.2, 0.25) is 0 Å². The summed E-state index contributed by atoms with van der Waals surface area (Å²) >= 11 is 0. The normalized spacial score (nSPS) is 14.3. The molecule has 0 radical (unpaired) electrons. The topological polar surface area (TPSA) is 50.6 Å². The molecule has 1 saturated heterocycles. The Labute approximate surface area is 216 Å². The molecular formula is C30H29FN4O2. The largest absolute Gasteiger partial charge is 0.497 e. The number of hydrogen-bond acceptors (Lipinski definition) is 4. The fraction of sp³-hybridized carbons (Fsp3) is 0.200. The monoisotopic (exact) mass is 496 g/mol. The van der Waals surface area contributed by atoms with Gasteiger partial charge in [0, 0.05) is 38.3 Å². The number of carbonyl (C=O) groups is 1. The quantitative estimate of drug-likeness (QED) is 0.355. The highest BCUT2D eigenvalue weighted by Crippen LogP contribution is 2.24. The first kappa shape index (κ1) is 24.5. The summed E-state index contributed by atoms with van der Waals surface area (Å²) in [6.45, 7) is 3.71. The summed E-state index contributed by atoms with van der Waals surface area (Å²) in [6, 6.07) is 25.6. The van der Waals surface area contributed by atoms with Crippen LogP contribution in [-0.2, 0) is 0 Å². The molecule has 1 amide bonds. The van der Waals surface area contributed by atoms with Crippen LogP contribution in [0.2, 0.25) is 0 Å². The van der Waals surface area contributed by atoms with Crippen molar-refractivity contribution in [2.24, 2.45) is 0 Å². The summed E-state index contributed by atoms with van der Waals surface area (Å²) in [7, 11) is 1.61. The Morgan fingerprint density at radius 2 is 1.65 bits per heavy atom. The Morgan fingerprint density at radius 3 is 2.32 bits per heavy atom. The zero-order chi connectivity index (χ0) is 25.6. The molecule has 1 aliphatic heterocycles. The summed E-state index contributed by atoms with van der Waals surface area (Å²) in [4.78, 5) is 17.9. The molecule has 1 fully saturated rings. The summed E-state index contributed by atoms with van der Waals surface area (Å²) in [5.74, 6) is 0.335. The number of halogens is 1. The Bertz CT molecular complexity index is 1360. The molecule has 4 aromatic rings. The number of hydrogen-bond donors (Lipinski definition) is 0. The van der Waals surface area contributed by atoms with Crippen molar-refractivity contribution in [3.05, 3.63) is 108 Å². The van der Waals surface area contributed by atoms with Gasteiger partial charge in [-0.1, -0.05) is 42.5 Å². The fourth-order valence-corrected chi connectivity index (χ4v) is 4.41. The van der Waals surface area contributed by atoms with Gasteiger partial charge in [0.05, 0.1) is 18.5 Å². The summed E-state index contributed by atoms with van der Waals surface area (Å²) in [5.41, 5.74) is 3.77. The zero-order valence-electron chi connectivity index (χ0n) is 20.8. The van der Waals surface area contributed by atoms with Crippen LogP contribution >= 0.6 is 0 Å². The van der Waals surface area contributed by atoms with Crippen molar-refractivity contribution in [1.82, 2.24) is 19.6 Å². The number of carbonyl (C=O) groups excluding carboxylic acids is 1. The maximum absolute atomic E-state index is 13.7. The SMILES string of the molecule is COc1ccc(-n2nc(-c3ccc(F)cc3)cc2C(=O)N2CCN(C/C=C/c3ccccc3)CC2)cc1. The maximum Gasteiger partial charge on any atom is 0.272 e. The van der Waals surface area contributed by atoms with E-state index in [-0.39, 0.29) is 11.7 Å². The highest BCUT2D eigenvalue weighted by Gasteiger charge is 2.26. The molecule has 188 valence electrons. The van der Waals surface area contributed by atoms with Crippen LogP contribution in [-0.4, -0.2) is 65.3 Å². The fourth-order valence-electron chi connectivity index (χ4n) is 4.41. The van der Waals surface area contributed by atoms with Crippen LogP contribution in [0.25, 0.3) is 23.0 Å². The third-order valence-corrected chi connectivity index (χ3v) is 6.52. The van der Waals surface area contributed by atoms with E-state index in [4.69, 9.17) is 9.84 Å². The average molecular weight is 497 g/mol. The average Bonchev–Trinajstić information content (AvgIpc) is 3.39. The number of methoxy groups -OCH3 is 1. The van der Waals surface area contributed by atoms with Crippen molar-refractivity contribution in [2.45, 2.75) is 0 Å². The van der Waals surface area contributed by atoms with Crippen molar-refractivity contribution >= 4 is 12.0 Å². The lowest BCUT2D eigenvalue weighted by Gasteiger charge is -2.34. The second-order valence-corrected chi connectivity index (χ2v) is 8.94. The van der Waals surface area contributed by atoms with Gasteiger partial charge in [-0.2, -0.15) is 5.10 Å². The first-order chi connectivity index (χ1) is 18.1. The van der Waals surface area contributed by atoms with Gasteiger partial charge >= 0.3 is 0 Å². The summed E-state index contributed by atoms with van der Waals surface area (Å²) in [5, 5.41) is 4.72. The minimum Gasteiger partial charge on any atom is -0.497 e. The molecule has 5 rings (SSSR count). The molecule has 1 aromatic heterocycles. The number of ether oxygens (including phenoxy) is 1. The van der Waals surface area contributed by atoms with Gasteiger partial charge in [-0.3, -0.25) is 9.69 Å². The second-order valence-electron chi connectivity index (χ2n) is 8.94. The molecule has 37 heavy (non-hydrogen) atoms. The minimum atomic E-state index is -0.314. The van der Waals surface area contributed by atoms with Crippen LogP contribution in [0.4, 0.5) is 4.39 Å². The van der Waals surface area contributed by atoms with E-state index >= 15 is 0 Å². The molecule has 0 spiro atoms. The molecule has 0 bridgehead atoms. The number of piperazine rings is 1. The van der Waals surface area contributed by atoms with Gasteiger partial charge in [0.25, 0.3) is 5.91 Å². The van der Waals surface area contributed by atoms with Crippen LogP contribution in [0, 0.1) is 5.82 Å². The number of benzene rings is 3. The van der Waals surface area contributed by atoms with E-state index in [1.807, 2.05) is 47.4 Å². The first-order valence-corrected chi connectivity index (χ1v) is 12.3. The predicted octanol–water partition coefficient (Wildman–Crippen LogP) is 5.16. The van der Waals surface area contributed by atoms with Gasteiger partial charge in [0.1, 0.15) is 17.3 Å². The standard InChI is InChI=1S/C30H29FN4O2/c1-37-27-15-13-26(14-16-27)35-29(22-28(32-35)24-9-11-25(31)12-10-24)30(36)34-20-18-33(19-21-34)17-5-8-23-6-3-2-4-7-23/h2-16,22H,17-21H2,1H3/b8-5+. The molecule has 0 N–H and O–H groups in total. The van der Waals surface area contributed by atoms with E-state index in [1.54, 1.807) is 30.0 Å². The maximum atomic E-state index is 13.7. The van der Waals surface area contributed by atoms with Gasteiger partial charge in [0.15, 0.2) is 0 Å². The van der Waals surface area contributed by atoms with Gasteiger partial charge in [-0.25, -0.2) is 9.07 Å². The Balaban J connectivity index is 1.32. The van der Waals surface area contributed by atoms with E-state index in [9.17, 15) is 9.18 Å². The highest BCUT2D eigenvalue weighted by molar-refractivity contribution is 5.94. The molecule has 0 unspecified atom stereocenters. The van der Waals surface area contributed by atoms with Crippen LogP contribution in [0.1, 0.15) is 16.1 Å². The molecule has 6 nitrogen and oxygen atoms in total. The van der Waals surface area contributed by atoms with Crippen LogP contribution in [0.5, 0.6) is 5.75 Å². The molecule has 7 heteroatoms. The lowest BCUT2D eigenvalue weighted by atomic mass is 10.1. The molecule has 2 heterocycles. The van der Waals surface area contributed by atoms with Crippen molar-refractivity contribution < 1.29 is 13.9 Å². The van der Waals surface area contributed by atoms with Crippen molar-refractivity contribution in [2.75, 3.05) is 39.8 Å². The molecule has 0 atom stereocenters. The first-order valence-electron chi connectivity index (χ1n) is 12.3.